The van der Waals surface area contributed by atoms with Crippen molar-refractivity contribution in [2.24, 2.45) is 0 Å². The fraction of sp³-hybridized carbons (Fsp3) is 0. The van der Waals surface area contributed by atoms with Crippen LogP contribution in [0.1, 0.15) is 5.56 Å². The van der Waals surface area contributed by atoms with E-state index in [2.05, 4.69) is 30.6 Å². The molecule has 0 fully saturated rings. The van der Waals surface area contributed by atoms with E-state index in [1.807, 2.05) is 12.1 Å². The first-order valence-corrected chi connectivity index (χ1v) is 5.82. The van der Waals surface area contributed by atoms with Crippen molar-refractivity contribution in [2.75, 3.05) is 5.32 Å². The van der Waals surface area contributed by atoms with Gasteiger partial charge in [-0.3, -0.25) is 9.17 Å². The van der Waals surface area contributed by atoms with Gasteiger partial charge >= 0.3 is 0 Å². The summed E-state index contributed by atoms with van der Waals surface area (Å²) in [6.07, 6.45) is 1.63. The van der Waals surface area contributed by atoms with E-state index in [1.165, 1.54) is 0 Å². The van der Waals surface area contributed by atoms with Crippen molar-refractivity contribution in [2.45, 2.75) is 0 Å². The maximum absolute atomic E-state index is 11.2. The lowest BCUT2D eigenvalue weighted by molar-refractivity contribution is 1.29. The maximum atomic E-state index is 11.2. The second-order valence-electron chi connectivity index (χ2n) is 2.84. The summed E-state index contributed by atoms with van der Waals surface area (Å²) in [6.45, 7) is 0. The molecule has 0 aliphatic rings. The number of nitrogens with zero attached hydrogens (tertiary/aromatic N) is 2. The first-order valence-electron chi connectivity index (χ1n) is 4.21. The zero-order valence-corrected chi connectivity index (χ0v) is 10.2. The molecule has 0 saturated carbocycles. The van der Waals surface area contributed by atoms with Gasteiger partial charge in [-0.2, -0.15) is 5.26 Å². The van der Waals surface area contributed by atoms with Gasteiger partial charge in [0.1, 0.15) is 16.9 Å². The van der Waals surface area contributed by atoms with E-state index in [4.69, 9.17) is 5.26 Å². The van der Waals surface area contributed by atoms with Gasteiger partial charge in [0.2, 0.25) is 0 Å². The van der Waals surface area contributed by atoms with Crippen LogP contribution in [-0.4, -0.2) is 9.36 Å². The van der Waals surface area contributed by atoms with Crippen LogP contribution >= 0.6 is 27.5 Å². The average molecular weight is 297 g/mol. The number of H-pyrrole nitrogens is 1. The zero-order valence-electron chi connectivity index (χ0n) is 7.82. The van der Waals surface area contributed by atoms with E-state index in [0.29, 0.717) is 10.8 Å². The first kappa shape index (κ1) is 10.9. The largest absolute Gasteiger partial charge is 0.330 e. The van der Waals surface area contributed by atoms with Crippen molar-refractivity contribution in [3.8, 4) is 6.07 Å². The number of aromatic amines is 1. The monoisotopic (exact) mass is 296 g/mol. The van der Waals surface area contributed by atoms with Crippen molar-refractivity contribution in [1.82, 2.24) is 9.36 Å². The molecule has 2 aromatic heterocycles. The molecule has 0 spiro atoms. The summed E-state index contributed by atoms with van der Waals surface area (Å²) < 4.78 is 3.35. The fourth-order valence-electron chi connectivity index (χ4n) is 1.06. The van der Waals surface area contributed by atoms with Crippen LogP contribution in [0.5, 0.6) is 0 Å². The molecule has 2 heterocycles. The Morgan fingerprint density at radius 1 is 1.56 bits per heavy atom. The molecule has 0 aliphatic carbocycles. The van der Waals surface area contributed by atoms with Crippen LogP contribution in [0, 0.1) is 11.3 Å². The van der Waals surface area contributed by atoms with Crippen LogP contribution in [0.2, 0.25) is 0 Å². The van der Waals surface area contributed by atoms with Gasteiger partial charge in [0.25, 0.3) is 5.56 Å². The highest BCUT2D eigenvalue weighted by atomic mass is 79.9. The van der Waals surface area contributed by atoms with Crippen LogP contribution in [0.3, 0.4) is 0 Å². The van der Waals surface area contributed by atoms with E-state index in [9.17, 15) is 4.79 Å². The van der Waals surface area contributed by atoms with Gasteiger partial charge in [-0.1, -0.05) is 0 Å². The molecule has 16 heavy (non-hydrogen) atoms. The standard InChI is InChI=1S/C9H5BrN4OS/c10-5-1-2-7(12-4-5)13-9-6(3-11)8(15)14-16-9/h1-2,4H,(H,12,13)(H,14,15). The van der Waals surface area contributed by atoms with Gasteiger partial charge in [-0.05, 0) is 39.6 Å². The van der Waals surface area contributed by atoms with E-state index in [1.54, 1.807) is 12.3 Å². The quantitative estimate of drug-likeness (QED) is 0.890. The van der Waals surface area contributed by atoms with Gasteiger partial charge in [0, 0.05) is 10.7 Å². The summed E-state index contributed by atoms with van der Waals surface area (Å²) in [5.41, 5.74) is -0.304. The maximum Gasteiger partial charge on any atom is 0.278 e. The Morgan fingerprint density at radius 3 is 3.00 bits per heavy atom. The second-order valence-corrected chi connectivity index (χ2v) is 4.57. The number of anilines is 2. The first-order chi connectivity index (χ1) is 7.70. The molecule has 0 saturated heterocycles. The van der Waals surface area contributed by atoms with Crippen molar-refractivity contribution in [3.05, 3.63) is 38.7 Å². The predicted octanol–water partition coefficient (Wildman–Crippen LogP) is 2.21. The van der Waals surface area contributed by atoms with Gasteiger partial charge in [0.05, 0.1) is 0 Å². The summed E-state index contributed by atoms with van der Waals surface area (Å²) in [5, 5.41) is 12.2. The van der Waals surface area contributed by atoms with Crippen LogP contribution in [0.25, 0.3) is 0 Å². The summed E-state index contributed by atoms with van der Waals surface area (Å²) >= 11 is 4.34. The van der Waals surface area contributed by atoms with Crippen LogP contribution in [0.4, 0.5) is 10.8 Å². The average Bonchev–Trinajstić information content (AvgIpc) is 2.63. The molecule has 5 nitrogen and oxygen atoms in total. The zero-order chi connectivity index (χ0) is 11.5. The number of aromatic nitrogens is 2. The van der Waals surface area contributed by atoms with Gasteiger partial charge in [-0.25, -0.2) is 4.98 Å². The number of halogens is 1. The number of nitrogens with one attached hydrogen (secondary N) is 2. The van der Waals surface area contributed by atoms with Crippen molar-refractivity contribution >= 4 is 38.3 Å². The molecule has 0 aliphatic heterocycles. The lowest BCUT2D eigenvalue weighted by atomic mass is 10.3. The van der Waals surface area contributed by atoms with Crippen LogP contribution < -0.4 is 10.9 Å². The molecule has 7 heteroatoms. The minimum Gasteiger partial charge on any atom is -0.330 e. The lowest BCUT2D eigenvalue weighted by Crippen LogP contribution is -2.03. The number of hydrogen-bond donors (Lipinski definition) is 2. The van der Waals surface area contributed by atoms with Gasteiger partial charge in [0.15, 0.2) is 5.56 Å². The SMILES string of the molecule is N#Cc1c(Nc2ccc(Br)cn2)s[nH]c1=O. The summed E-state index contributed by atoms with van der Waals surface area (Å²) in [6, 6.07) is 5.40. The van der Waals surface area contributed by atoms with Gasteiger partial charge in [-0.15, -0.1) is 0 Å². The highest BCUT2D eigenvalue weighted by Crippen LogP contribution is 2.21. The molecule has 0 bridgehead atoms. The highest BCUT2D eigenvalue weighted by molar-refractivity contribution is 9.10. The molecule has 0 atom stereocenters. The molecule has 2 N–H and O–H groups in total. The predicted molar refractivity (Wildman–Crippen MR) is 64.9 cm³/mol. The third-order valence-electron chi connectivity index (χ3n) is 1.78. The number of nitriles is 1. The lowest BCUT2D eigenvalue weighted by Gasteiger charge is -2.01. The molecule has 0 unspecified atom stereocenters. The van der Waals surface area contributed by atoms with E-state index in [0.717, 1.165) is 16.0 Å². The van der Waals surface area contributed by atoms with Crippen molar-refractivity contribution < 1.29 is 0 Å². The molecular weight excluding hydrogens is 292 g/mol. The number of pyridine rings is 1. The molecule has 2 aromatic rings. The Labute approximate surface area is 103 Å². The van der Waals surface area contributed by atoms with Crippen molar-refractivity contribution in [1.29, 1.82) is 5.26 Å². The Balaban J connectivity index is 2.31. The molecule has 80 valence electrons. The third kappa shape index (κ3) is 2.13. The van der Waals surface area contributed by atoms with Crippen LogP contribution in [-0.2, 0) is 0 Å². The van der Waals surface area contributed by atoms with Gasteiger partial charge < -0.3 is 5.32 Å². The van der Waals surface area contributed by atoms with E-state index in [-0.39, 0.29) is 11.1 Å². The summed E-state index contributed by atoms with van der Waals surface area (Å²) in [4.78, 5) is 15.3. The topological polar surface area (TPSA) is 81.6 Å². The minimum absolute atomic E-state index is 0.0784. The third-order valence-corrected chi connectivity index (χ3v) is 3.05. The normalized spacial score (nSPS) is 9.75. The van der Waals surface area contributed by atoms with E-state index >= 15 is 0 Å². The molecule has 0 amide bonds. The Kier molecular flexibility index (Phi) is 3.03. The number of hydrogen-bond acceptors (Lipinski definition) is 5. The number of rotatable bonds is 2. The summed E-state index contributed by atoms with van der Waals surface area (Å²) in [7, 11) is 0. The Hall–Kier alpha value is -1.65. The van der Waals surface area contributed by atoms with E-state index < -0.39 is 0 Å². The molecule has 0 aromatic carbocycles. The molecule has 2 rings (SSSR count). The van der Waals surface area contributed by atoms with Crippen molar-refractivity contribution in [3.63, 3.8) is 0 Å². The Morgan fingerprint density at radius 2 is 2.38 bits per heavy atom. The smallest absolute Gasteiger partial charge is 0.278 e. The highest BCUT2D eigenvalue weighted by Gasteiger charge is 2.09. The minimum atomic E-state index is -0.382. The van der Waals surface area contributed by atoms with Crippen LogP contribution in [0.15, 0.2) is 27.6 Å². The Bertz CT molecular complexity index is 595. The molecule has 0 radical (unpaired) electrons. The molecular formula is C9H5BrN4OS. The fourth-order valence-corrected chi connectivity index (χ4v) is 1.99. The second kappa shape index (κ2) is 4.47. The summed E-state index contributed by atoms with van der Waals surface area (Å²) in [5.74, 6) is 0.579.